The molecule has 0 aliphatic carbocycles. The second kappa shape index (κ2) is 9.00. The first kappa shape index (κ1) is 16.2. The van der Waals surface area contributed by atoms with Crippen LogP contribution in [0.25, 0.3) is 0 Å². The van der Waals surface area contributed by atoms with E-state index in [1.165, 1.54) is 37.9 Å². The number of rotatable bonds is 6. The lowest BCUT2D eigenvalue weighted by Gasteiger charge is -2.33. The molecule has 1 aromatic carbocycles. The first-order valence-electron chi connectivity index (χ1n) is 8.05. The molecule has 4 heteroatoms. The smallest absolute Gasteiger partial charge is 0.166 e. The summed E-state index contributed by atoms with van der Waals surface area (Å²) in [5, 5.41) is 7.31. The van der Waals surface area contributed by atoms with Gasteiger partial charge in [0.1, 0.15) is 0 Å². The molecule has 0 amide bonds. The van der Waals surface area contributed by atoms with Crippen LogP contribution in [0.15, 0.2) is 30.3 Å². The van der Waals surface area contributed by atoms with Gasteiger partial charge in [-0.1, -0.05) is 36.8 Å². The third-order valence-corrected chi connectivity index (χ3v) is 4.43. The highest BCUT2D eigenvalue weighted by Gasteiger charge is 2.16. The molecule has 1 atom stereocenters. The van der Waals surface area contributed by atoms with E-state index in [9.17, 15) is 0 Å². The topological polar surface area (TPSA) is 27.3 Å². The Kier molecular flexibility index (Phi) is 6.96. The summed E-state index contributed by atoms with van der Waals surface area (Å²) < 4.78 is 0. The molecule has 2 rings (SSSR count). The second-order valence-electron chi connectivity index (χ2n) is 5.83. The molecule has 1 fully saturated rings. The third kappa shape index (κ3) is 6.02. The largest absolute Gasteiger partial charge is 0.363 e. The van der Waals surface area contributed by atoms with E-state index in [1.54, 1.807) is 0 Å². The number of nitrogens with one attached hydrogen (secondary N) is 2. The molecule has 0 spiro atoms. The van der Waals surface area contributed by atoms with Gasteiger partial charge in [-0.15, -0.1) is 0 Å². The molecule has 0 unspecified atom stereocenters. The van der Waals surface area contributed by atoms with Crippen LogP contribution in [0.3, 0.4) is 0 Å². The molecule has 1 saturated heterocycles. The Morgan fingerprint density at radius 3 is 2.81 bits per heavy atom. The summed E-state index contributed by atoms with van der Waals surface area (Å²) in [6, 6.07) is 11.1. The maximum atomic E-state index is 5.31. The fraction of sp³-hybridized carbons (Fsp3) is 0.588. The minimum Gasteiger partial charge on any atom is -0.363 e. The summed E-state index contributed by atoms with van der Waals surface area (Å²) in [5.41, 5.74) is 1.25. The molecule has 1 aliphatic heterocycles. The number of nitrogens with zero attached hydrogens (tertiary/aromatic N) is 1. The Bertz CT molecular complexity index is 421. The third-order valence-electron chi connectivity index (χ3n) is 4.14. The van der Waals surface area contributed by atoms with Gasteiger partial charge in [0.25, 0.3) is 0 Å². The molecule has 0 saturated carbocycles. The lowest BCUT2D eigenvalue weighted by atomic mass is 10.0. The Hall–Kier alpha value is -1.13. The van der Waals surface area contributed by atoms with E-state index in [0.29, 0.717) is 0 Å². The average Bonchev–Trinajstić information content (AvgIpc) is 2.52. The Morgan fingerprint density at radius 1 is 1.24 bits per heavy atom. The molecule has 0 aromatic heterocycles. The van der Waals surface area contributed by atoms with Crippen molar-refractivity contribution < 1.29 is 0 Å². The maximum Gasteiger partial charge on any atom is 0.166 e. The van der Waals surface area contributed by atoms with Crippen molar-refractivity contribution in [3.63, 3.8) is 0 Å². The first-order chi connectivity index (χ1) is 10.3. The summed E-state index contributed by atoms with van der Waals surface area (Å²) in [5.74, 6) is 0. The van der Waals surface area contributed by atoms with Crippen molar-refractivity contribution in [2.45, 2.75) is 45.2 Å². The van der Waals surface area contributed by atoms with E-state index >= 15 is 0 Å². The molecule has 0 bridgehead atoms. The van der Waals surface area contributed by atoms with E-state index in [4.69, 9.17) is 12.2 Å². The SMILES string of the molecule is C[C@H]1CCCCN1CCCNC(=S)NCc1ccccc1. The number of benzene rings is 1. The fourth-order valence-electron chi connectivity index (χ4n) is 2.81. The molecule has 0 radical (unpaired) electrons. The number of thiocarbonyl (C=S) groups is 1. The van der Waals surface area contributed by atoms with Gasteiger partial charge < -0.3 is 15.5 Å². The van der Waals surface area contributed by atoms with Gasteiger partial charge in [-0.3, -0.25) is 0 Å². The molecule has 3 nitrogen and oxygen atoms in total. The van der Waals surface area contributed by atoms with Crippen LogP contribution in [0.1, 0.15) is 38.2 Å². The molecule has 21 heavy (non-hydrogen) atoms. The second-order valence-corrected chi connectivity index (χ2v) is 6.24. The minimum atomic E-state index is 0.752. The maximum absolute atomic E-state index is 5.31. The molecular formula is C17H27N3S. The lowest BCUT2D eigenvalue weighted by molar-refractivity contribution is 0.159. The van der Waals surface area contributed by atoms with Crippen molar-refractivity contribution in [1.29, 1.82) is 0 Å². The van der Waals surface area contributed by atoms with Crippen molar-refractivity contribution >= 4 is 17.3 Å². The highest BCUT2D eigenvalue weighted by Crippen LogP contribution is 2.15. The van der Waals surface area contributed by atoms with Crippen LogP contribution in [0, 0.1) is 0 Å². The standard InChI is InChI=1S/C17H27N3S/c1-15-8-5-6-12-20(15)13-7-11-18-17(21)19-14-16-9-3-2-4-10-16/h2-4,9-10,15H,5-8,11-14H2,1H3,(H2,18,19,21)/t15-/m0/s1. The van der Waals surface area contributed by atoms with Crippen LogP contribution >= 0.6 is 12.2 Å². The minimum absolute atomic E-state index is 0.752. The monoisotopic (exact) mass is 305 g/mol. The summed E-state index contributed by atoms with van der Waals surface area (Å²) in [6.07, 6.45) is 5.25. The van der Waals surface area contributed by atoms with Gasteiger partial charge in [0.2, 0.25) is 0 Å². The molecule has 1 heterocycles. The molecule has 1 aliphatic rings. The highest BCUT2D eigenvalue weighted by molar-refractivity contribution is 7.80. The van der Waals surface area contributed by atoms with Crippen molar-refractivity contribution in [2.75, 3.05) is 19.6 Å². The van der Waals surface area contributed by atoms with Crippen molar-refractivity contribution in [3.05, 3.63) is 35.9 Å². The van der Waals surface area contributed by atoms with Crippen LogP contribution in [0.4, 0.5) is 0 Å². The summed E-state index contributed by atoms with van der Waals surface area (Å²) in [6.45, 7) is 6.52. The van der Waals surface area contributed by atoms with E-state index in [1.807, 2.05) is 18.2 Å². The van der Waals surface area contributed by atoms with Gasteiger partial charge in [-0.2, -0.15) is 0 Å². The molecule has 2 N–H and O–H groups in total. The van der Waals surface area contributed by atoms with E-state index < -0.39 is 0 Å². The molecule has 116 valence electrons. The van der Waals surface area contributed by atoms with Gasteiger partial charge in [0.15, 0.2) is 5.11 Å². The quantitative estimate of drug-likeness (QED) is 0.624. The zero-order valence-corrected chi connectivity index (χ0v) is 13.8. The Balaban J connectivity index is 1.55. The van der Waals surface area contributed by atoms with E-state index in [-0.39, 0.29) is 0 Å². The van der Waals surface area contributed by atoms with Crippen LogP contribution in [-0.2, 0) is 6.54 Å². The van der Waals surface area contributed by atoms with Crippen LogP contribution in [0.2, 0.25) is 0 Å². The number of piperidine rings is 1. The van der Waals surface area contributed by atoms with Crippen molar-refractivity contribution in [1.82, 2.24) is 15.5 Å². The average molecular weight is 305 g/mol. The number of likely N-dealkylation sites (tertiary alicyclic amines) is 1. The lowest BCUT2D eigenvalue weighted by Crippen LogP contribution is -2.40. The number of hydrogen-bond acceptors (Lipinski definition) is 2. The Morgan fingerprint density at radius 2 is 2.05 bits per heavy atom. The van der Waals surface area contributed by atoms with Crippen molar-refractivity contribution in [3.8, 4) is 0 Å². The predicted octanol–water partition coefficient (Wildman–Crippen LogP) is 2.92. The zero-order chi connectivity index (χ0) is 14.9. The molecule has 1 aromatic rings. The van der Waals surface area contributed by atoms with E-state index in [0.717, 1.165) is 30.7 Å². The van der Waals surface area contributed by atoms with E-state index in [2.05, 4.69) is 34.6 Å². The summed E-state index contributed by atoms with van der Waals surface area (Å²) in [4.78, 5) is 2.60. The fourth-order valence-corrected chi connectivity index (χ4v) is 2.99. The van der Waals surface area contributed by atoms with Gasteiger partial charge in [-0.05, 0) is 50.5 Å². The van der Waals surface area contributed by atoms with Crippen LogP contribution in [-0.4, -0.2) is 35.7 Å². The predicted molar refractivity (Wildman–Crippen MR) is 93.4 cm³/mol. The molecular weight excluding hydrogens is 278 g/mol. The number of hydrogen-bond donors (Lipinski definition) is 2. The van der Waals surface area contributed by atoms with Crippen LogP contribution < -0.4 is 10.6 Å². The van der Waals surface area contributed by atoms with Gasteiger partial charge in [0, 0.05) is 25.7 Å². The Labute approximate surface area is 134 Å². The summed E-state index contributed by atoms with van der Waals surface area (Å²) >= 11 is 5.31. The summed E-state index contributed by atoms with van der Waals surface area (Å²) in [7, 11) is 0. The van der Waals surface area contributed by atoms with Gasteiger partial charge >= 0.3 is 0 Å². The zero-order valence-electron chi connectivity index (χ0n) is 13.0. The van der Waals surface area contributed by atoms with Crippen molar-refractivity contribution in [2.24, 2.45) is 0 Å². The highest BCUT2D eigenvalue weighted by atomic mass is 32.1. The normalized spacial score (nSPS) is 19.2. The first-order valence-corrected chi connectivity index (χ1v) is 8.46. The van der Waals surface area contributed by atoms with Gasteiger partial charge in [-0.25, -0.2) is 0 Å². The van der Waals surface area contributed by atoms with Gasteiger partial charge in [0.05, 0.1) is 0 Å². The van der Waals surface area contributed by atoms with Crippen LogP contribution in [0.5, 0.6) is 0 Å².